The Morgan fingerprint density at radius 2 is 1.85 bits per heavy atom. The standard InChI is InChI=1S/C21H24F2N2O2/c1-19(2,26)15-11-16(21(12-24)20(7-8-20)9-10-27-21)25-18(17(15)23)13-3-5-14(22)6-4-13/h3-6,11,26H,7-10,12,24H2,1-2H3. The van der Waals surface area contributed by atoms with Crippen molar-refractivity contribution in [2.75, 3.05) is 13.2 Å². The number of nitrogens with two attached hydrogens (primary N) is 1. The van der Waals surface area contributed by atoms with Gasteiger partial charge >= 0.3 is 0 Å². The van der Waals surface area contributed by atoms with Gasteiger partial charge in [0.1, 0.15) is 17.1 Å². The van der Waals surface area contributed by atoms with E-state index in [-0.39, 0.29) is 23.2 Å². The molecule has 1 aliphatic heterocycles. The number of aliphatic hydroxyl groups is 1. The molecule has 1 atom stereocenters. The summed E-state index contributed by atoms with van der Waals surface area (Å²) in [6.45, 7) is 3.88. The minimum atomic E-state index is -1.42. The number of pyridine rings is 1. The van der Waals surface area contributed by atoms with Gasteiger partial charge in [-0.05, 0) is 63.4 Å². The second-order valence-electron chi connectivity index (χ2n) is 8.19. The molecule has 2 heterocycles. The number of hydrogen-bond donors (Lipinski definition) is 2. The van der Waals surface area contributed by atoms with Crippen molar-refractivity contribution in [3.63, 3.8) is 0 Å². The van der Waals surface area contributed by atoms with Crippen LogP contribution in [0.15, 0.2) is 30.3 Å². The molecule has 1 saturated heterocycles. The Hall–Kier alpha value is -1.89. The minimum Gasteiger partial charge on any atom is -0.386 e. The van der Waals surface area contributed by atoms with Crippen molar-refractivity contribution >= 4 is 0 Å². The van der Waals surface area contributed by atoms with Crippen LogP contribution in [0.4, 0.5) is 8.78 Å². The van der Waals surface area contributed by atoms with Gasteiger partial charge in [-0.3, -0.25) is 0 Å². The number of halogens is 2. The largest absolute Gasteiger partial charge is 0.386 e. The van der Waals surface area contributed by atoms with Crippen LogP contribution in [0.3, 0.4) is 0 Å². The molecule has 27 heavy (non-hydrogen) atoms. The van der Waals surface area contributed by atoms with Gasteiger partial charge in [0.15, 0.2) is 5.82 Å². The van der Waals surface area contributed by atoms with Gasteiger partial charge in [0.05, 0.1) is 11.3 Å². The van der Waals surface area contributed by atoms with Gasteiger partial charge in [-0.2, -0.15) is 0 Å². The molecular weight excluding hydrogens is 350 g/mol. The second kappa shape index (κ2) is 6.06. The average Bonchev–Trinajstić information content (AvgIpc) is 3.30. The first-order valence-electron chi connectivity index (χ1n) is 9.26. The molecule has 0 bridgehead atoms. The zero-order valence-electron chi connectivity index (χ0n) is 15.6. The molecule has 1 unspecified atom stereocenters. The van der Waals surface area contributed by atoms with Gasteiger partial charge in [-0.1, -0.05) is 0 Å². The molecule has 2 fully saturated rings. The topological polar surface area (TPSA) is 68.4 Å². The molecule has 2 aliphatic rings. The smallest absolute Gasteiger partial charge is 0.155 e. The summed E-state index contributed by atoms with van der Waals surface area (Å²) in [5.74, 6) is -1.03. The van der Waals surface area contributed by atoms with E-state index in [0.29, 0.717) is 17.9 Å². The zero-order chi connectivity index (χ0) is 19.4. The summed E-state index contributed by atoms with van der Waals surface area (Å²) in [7, 11) is 0. The van der Waals surface area contributed by atoms with E-state index >= 15 is 4.39 Å². The van der Waals surface area contributed by atoms with Crippen LogP contribution in [0.1, 0.15) is 44.4 Å². The fourth-order valence-corrected chi connectivity index (χ4v) is 4.29. The Morgan fingerprint density at radius 1 is 1.19 bits per heavy atom. The molecule has 1 saturated carbocycles. The highest BCUT2D eigenvalue weighted by molar-refractivity contribution is 5.62. The Balaban J connectivity index is 1.95. The lowest BCUT2D eigenvalue weighted by Crippen LogP contribution is -2.43. The summed E-state index contributed by atoms with van der Waals surface area (Å²) in [6, 6.07) is 7.08. The maximum absolute atomic E-state index is 15.3. The van der Waals surface area contributed by atoms with Crippen LogP contribution in [0.25, 0.3) is 11.3 Å². The van der Waals surface area contributed by atoms with Crippen molar-refractivity contribution in [1.82, 2.24) is 4.98 Å². The quantitative estimate of drug-likeness (QED) is 0.858. The average molecular weight is 374 g/mol. The predicted octanol–water partition coefficient (Wildman–Crippen LogP) is 3.61. The lowest BCUT2D eigenvalue weighted by atomic mass is 9.79. The van der Waals surface area contributed by atoms with Gasteiger partial charge in [-0.15, -0.1) is 0 Å². The van der Waals surface area contributed by atoms with Crippen LogP contribution in [0.5, 0.6) is 0 Å². The Morgan fingerprint density at radius 3 is 2.41 bits per heavy atom. The molecule has 0 radical (unpaired) electrons. The van der Waals surface area contributed by atoms with Gasteiger partial charge in [0, 0.05) is 29.7 Å². The molecule has 0 amide bonds. The molecule has 3 N–H and O–H groups in total. The van der Waals surface area contributed by atoms with Gasteiger partial charge in [-0.25, -0.2) is 13.8 Å². The third-order valence-electron chi connectivity index (χ3n) is 6.07. The monoisotopic (exact) mass is 374 g/mol. The molecule has 4 rings (SSSR count). The summed E-state index contributed by atoms with van der Waals surface area (Å²) in [5.41, 5.74) is 5.07. The van der Waals surface area contributed by atoms with E-state index < -0.39 is 22.8 Å². The van der Waals surface area contributed by atoms with Crippen LogP contribution in [-0.2, 0) is 15.9 Å². The normalized spacial score (nSPS) is 23.8. The molecule has 1 aliphatic carbocycles. The summed E-state index contributed by atoms with van der Waals surface area (Å²) < 4.78 is 34.7. The summed E-state index contributed by atoms with van der Waals surface area (Å²) in [4.78, 5) is 4.59. The van der Waals surface area contributed by atoms with Crippen LogP contribution in [0.2, 0.25) is 0 Å². The predicted molar refractivity (Wildman–Crippen MR) is 97.8 cm³/mol. The highest BCUT2D eigenvalue weighted by atomic mass is 19.1. The molecule has 144 valence electrons. The van der Waals surface area contributed by atoms with Crippen LogP contribution < -0.4 is 5.73 Å². The van der Waals surface area contributed by atoms with Crippen molar-refractivity contribution in [2.45, 2.75) is 44.3 Å². The van der Waals surface area contributed by atoms with E-state index in [9.17, 15) is 9.50 Å². The van der Waals surface area contributed by atoms with Crippen LogP contribution in [0, 0.1) is 17.0 Å². The SMILES string of the molecule is CC(C)(O)c1cc(C2(CN)OCCC23CC3)nc(-c2ccc(F)cc2)c1F. The number of aromatic nitrogens is 1. The van der Waals surface area contributed by atoms with E-state index in [1.165, 1.54) is 38.1 Å². The lowest BCUT2D eigenvalue weighted by molar-refractivity contribution is -0.0312. The van der Waals surface area contributed by atoms with E-state index in [1.54, 1.807) is 6.07 Å². The first-order chi connectivity index (χ1) is 12.7. The van der Waals surface area contributed by atoms with Crippen molar-refractivity contribution in [3.8, 4) is 11.3 Å². The van der Waals surface area contributed by atoms with Crippen molar-refractivity contribution in [1.29, 1.82) is 0 Å². The molecule has 1 aromatic carbocycles. The third-order valence-corrected chi connectivity index (χ3v) is 6.07. The first kappa shape index (κ1) is 18.5. The number of rotatable bonds is 4. The van der Waals surface area contributed by atoms with Gasteiger partial charge in [0.25, 0.3) is 0 Å². The van der Waals surface area contributed by atoms with E-state index in [0.717, 1.165) is 19.3 Å². The fraction of sp³-hybridized carbons (Fsp3) is 0.476. The molecule has 2 aromatic rings. The van der Waals surface area contributed by atoms with E-state index in [1.807, 2.05) is 0 Å². The summed E-state index contributed by atoms with van der Waals surface area (Å²) in [6.07, 6.45) is 2.88. The van der Waals surface area contributed by atoms with Crippen LogP contribution >= 0.6 is 0 Å². The number of ether oxygens (including phenoxy) is 1. The second-order valence-corrected chi connectivity index (χ2v) is 8.19. The number of hydrogen-bond acceptors (Lipinski definition) is 4. The highest BCUT2D eigenvalue weighted by Crippen LogP contribution is 2.65. The molecule has 1 spiro atoms. The highest BCUT2D eigenvalue weighted by Gasteiger charge is 2.64. The molecule has 1 aromatic heterocycles. The Kier molecular flexibility index (Phi) is 4.14. The maximum atomic E-state index is 15.3. The van der Waals surface area contributed by atoms with E-state index in [2.05, 4.69) is 4.98 Å². The molecule has 6 heteroatoms. The first-order valence-corrected chi connectivity index (χ1v) is 9.26. The lowest BCUT2D eigenvalue weighted by Gasteiger charge is -2.34. The minimum absolute atomic E-state index is 0.0660. The zero-order valence-corrected chi connectivity index (χ0v) is 15.6. The Bertz CT molecular complexity index is 873. The summed E-state index contributed by atoms with van der Waals surface area (Å²) >= 11 is 0. The van der Waals surface area contributed by atoms with Crippen molar-refractivity contribution in [3.05, 3.63) is 53.2 Å². The van der Waals surface area contributed by atoms with E-state index in [4.69, 9.17) is 10.5 Å². The number of benzene rings is 1. The third kappa shape index (κ3) is 2.78. The van der Waals surface area contributed by atoms with Crippen molar-refractivity contribution in [2.24, 2.45) is 11.1 Å². The molecular formula is C21H24F2N2O2. The van der Waals surface area contributed by atoms with Gasteiger partial charge in [0.2, 0.25) is 0 Å². The molecule has 4 nitrogen and oxygen atoms in total. The maximum Gasteiger partial charge on any atom is 0.155 e. The van der Waals surface area contributed by atoms with Crippen LogP contribution in [-0.4, -0.2) is 23.2 Å². The van der Waals surface area contributed by atoms with Crippen molar-refractivity contribution < 1.29 is 18.6 Å². The fourth-order valence-electron chi connectivity index (χ4n) is 4.29. The Labute approximate surface area is 157 Å². The summed E-state index contributed by atoms with van der Waals surface area (Å²) in [5, 5.41) is 10.6. The van der Waals surface area contributed by atoms with Gasteiger partial charge < -0.3 is 15.6 Å². The number of nitrogens with zero attached hydrogens (tertiary/aromatic N) is 1.